The number of rotatable bonds is 3. The van der Waals surface area contributed by atoms with Crippen LogP contribution in [-0.4, -0.2) is 11.7 Å². The summed E-state index contributed by atoms with van der Waals surface area (Å²) >= 11 is 0. The highest BCUT2D eigenvalue weighted by Gasteiger charge is 2.38. The summed E-state index contributed by atoms with van der Waals surface area (Å²) in [4.78, 5) is 11.9. The fourth-order valence-electron chi connectivity index (χ4n) is 2.44. The van der Waals surface area contributed by atoms with Gasteiger partial charge in [-0.2, -0.15) is 0 Å². The van der Waals surface area contributed by atoms with Gasteiger partial charge in [0.25, 0.3) is 0 Å². The van der Waals surface area contributed by atoms with Crippen molar-refractivity contribution in [2.75, 3.05) is 0 Å². The number of hydrogen-bond donors (Lipinski definition) is 0. The van der Waals surface area contributed by atoms with Gasteiger partial charge in [0.15, 0.2) is 11.6 Å². The van der Waals surface area contributed by atoms with Gasteiger partial charge in [-0.25, -0.2) is 17.6 Å². The molecule has 0 aromatic heterocycles. The second kappa shape index (κ2) is 5.31. The lowest BCUT2D eigenvalue weighted by Crippen LogP contribution is -2.31. The summed E-state index contributed by atoms with van der Waals surface area (Å²) < 4.78 is 52.1. The van der Waals surface area contributed by atoms with E-state index >= 15 is 0 Å². The molecule has 0 radical (unpaired) electrons. The number of carbonyl (C=O) groups excluding carboxylic acids is 1. The van der Waals surface area contributed by atoms with Crippen LogP contribution in [-0.2, 0) is 11.2 Å². The van der Waals surface area contributed by atoms with Crippen LogP contribution >= 0.6 is 0 Å². The van der Waals surface area contributed by atoms with Crippen LogP contribution in [0.15, 0.2) is 18.2 Å². The highest BCUT2D eigenvalue weighted by Crippen LogP contribution is 2.37. The van der Waals surface area contributed by atoms with Gasteiger partial charge < -0.3 is 0 Å². The van der Waals surface area contributed by atoms with Gasteiger partial charge in [-0.15, -0.1) is 0 Å². The Bertz CT molecular complexity index is 484. The monoisotopic (exact) mass is 274 g/mol. The number of Topliss-reactive ketones (excluding diaryl/α,β-unsaturated/α-hetero) is 1. The number of benzene rings is 1. The average Bonchev–Trinajstić information content (AvgIpc) is 2.32. The highest BCUT2D eigenvalue weighted by atomic mass is 19.3. The zero-order valence-corrected chi connectivity index (χ0v) is 10.3. The number of halogens is 4. The van der Waals surface area contributed by atoms with Crippen molar-refractivity contribution in [1.29, 1.82) is 0 Å². The van der Waals surface area contributed by atoms with E-state index in [4.69, 9.17) is 0 Å². The maximum Gasteiger partial charge on any atom is 0.248 e. The predicted octanol–water partition coefficient (Wildman–Crippen LogP) is 3.90. The van der Waals surface area contributed by atoms with Gasteiger partial charge in [0.05, 0.1) is 0 Å². The minimum Gasteiger partial charge on any atom is -0.299 e. The second-order valence-corrected chi connectivity index (χ2v) is 5.04. The molecular formula is C14H14F4O. The third kappa shape index (κ3) is 3.55. The molecule has 0 bridgehead atoms. The molecule has 1 saturated carbocycles. The first-order valence-corrected chi connectivity index (χ1v) is 6.22. The molecular weight excluding hydrogens is 260 g/mol. The van der Waals surface area contributed by atoms with Crippen LogP contribution < -0.4 is 0 Å². The summed E-state index contributed by atoms with van der Waals surface area (Å²) in [6.45, 7) is 0. The molecule has 1 nitrogen and oxygen atoms in total. The molecule has 1 atom stereocenters. The van der Waals surface area contributed by atoms with Crippen LogP contribution in [0.4, 0.5) is 17.6 Å². The number of ketones is 1. The first-order valence-electron chi connectivity index (χ1n) is 6.22. The Morgan fingerprint density at radius 1 is 1.26 bits per heavy atom. The SMILES string of the molecule is O=C(Cc1ccc(F)c(F)c1)C1CCCC(F)(F)C1. The van der Waals surface area contributed by atoms with Gasteiger partial charge >= 0.3 is 0 Å². The van der Waals surface area contributed by atoms with Crippen molar-refractivity contribution in [3.8, 4) is 0 Å². The zero-order chi connectivity index (χ0) is 14.0. The summed E-state index contributed by atoms with van der Waals surface area (Å²) in [5.74, 6) is -5.81. The minimum absolute atomic E-state index is 0.127. The van der Waals surface area contributed by atoms with Crippen LogP contribution in [0.2, 0.25) is 0 Å². The standard InChI is InChI=1S/C14H14F4O/c15-11-4-3-9(6-12(11)16)7-13(19)10-2-1-5-14(17,18)8-10/h3-4,6,10H,1-2,5,7-8H2. The Kier molecular flexibility index (Phi) is 3.92. The highest BCUT2D eigenvalue weighted by molar-refractivity contribution is 5.83. The first-order chi connectivity index (χ1) is 8.87. The second-order valence-electron chi connectivity index (χ2n) is 5.04. The van der Waals surface area contributed by atoms with E-state index < -0.39 is 29.9 Å². The Hall–Kier alpha value is -1.39. The fraction of sp³-hybridized carbons (Fsp3) is 0.500. The van der Waals surface area contributed by atoms with Crippen molar-refractivity contribution in [3.63, 3.8) is 0 Å². The van der Waals surface area contributed by atoms with Gasteiger partial charge in [-0.1, -0.05) is 6.07 Å². The van der Waals surface area contributed by atoms with Gasteiger partial charge in [-0.3, -0.25) is 4.79 Å². The van der Waals surface area contributed by atoms with Gasteiger partial charge in [0.2, 0.25) is 5.92 Å². The van der Waals surface area contributed by atoms with E-state index in [-0.39, 0.29) is 18.6 Å². The lowest BCUT2D eigenvalue weighted by molar-refractivity contribution is -0.129. The Balaban J connectivity index is 2.02. The summed E-state index contributed by atoms with van der Waals surface area (Å²) in [5, 5.41) is 0. The van der Waals surface area contributed by atoms with Crippen molar-refractivity contribution in [2.24, 2.45) is 5.92 Å². The van der Waals surface area contributed by atoms with Crippen molar-refractivity contribution in [3.05, 3.63) is 35.4 Å². The Morgan fingerprint density at radius 2 is 2.00 bits per heavy atom. The minimum atomic E-state index is -2.79. The van der Waals surface area contributed by atoms with E-state index in [1.165, 1.54) is 6.07 Å². The molecule has 1 unspecified atom stereocenters. The lowest BCUT2D eigenvalue weighted by atomic mass is 9.82. The Morgan fingerprint density at radius 3 is 2.63 bits per heavy atom. The van der Waals surface area contributed by atoms with E-state index in [1.807, 2.05) is 0 Å². The smallest absolute Gasteiger partial charge is 0.248 e. The molecule has 0 N–H and O–H groups in total. The van der Waals surface area contributed by atoms with Crippen LogP contribution in [0, 0.1) is 17.6 Å². The molecule has 1 aromatic carbocycles. The third-order valence-electron chi connectivity index (χ3n) is 3.46. The van der Waals surface area contributed by atoms with Crippen LogP contribution in [0.5, 0.6) is 0 Å². The number of hydrogen-bond acceptors (Lipinski definition) is 1. The van der Waals surface area contributed by atoms with Crippen molar-refractivity contribution < 1.29 is 22.4 Å². The van der Waals surface area contributed by atoms with Crippen LogP contribution in [0.1, 0.15) is 31.2 Å². The molecule has 1 aliphatic rings. The molecule has 0 saturated heterocycles. The molecule has 1 aromatic rings. The molecule has 1 fully saturated rings. The molecule has 5 heteroatoms. The van der Waals surface area contributed by atoms with Gasteiger partial charge in [0, 0.05) is 25.2 Å². The summed E-state index contributed by atoms with van der Waals surface area (Å²) in [5.41, 5.74) is 0.317. The summed E-state index contributed by atoms with van der Waals surface area (Å²) in [7, 11) is 0. The van der Waals surface area contributed by atoms with E-state index in [0.29, 0.717) is 18.4 Å². The largest absolute Gasteiger partial charge is 0.299 e. The number of alkyl halides is 2. The maximum absolute atomic E-state index is 13.2. The third-order valence-corrected chi connectivity index (χ3v) is 3.46. The predicted molar refractivity (Wildman–Crippen MR) is 62.0 cm³/mol. The molecule has 1 aliphatic carbocycles. The summed E-state index contributed by atoms with van der Waals surface area (Å²) in [6, 6.07) is 3.18. The molecule has 0 spiro atoms. The maximum atomic E-state index is 13.2. The average molecular weight is 274 g/mol. The molecule has 2 rings (SSSR count). The molecule has 19 heavy (non-hydrogen) atoms. The quantitative estimate of drug-likeness (QED) is 0.764. The van der Waals surface area contributed by atoms with Crippen LogP contribution in [0.25, 0.3) is 0 Å². The summed E-state index contributed by atoms with van der Waals surface area (Å²) in [6.07, 6.45) is 0.0225. The van der Waals surface area contributed by atoms with Crippen molar-refractivity contribution in [2.45, 2.75) is 38.0 Å². The van der Waals surface area contributed by atoms with E-state index in [9.17, 15) is 22.4 Å². The molecule has 0 amide bonds. The van der Waals surface area contributed by atoms with E-state index in [2.05, 4.69) is 0 Å². The van der Waals surface area contributed by atoms with Crippen molar-refractivity contribution >= 4 is 5.78 Å². The molecule has 0 heterocycles. The van der Waals surface area contributed by atoms with E-state index in [0.717, 1.165) is 12.1 Å². The van der Waals surface area contributed by atoms with Gasteiger partial charge in [-0.05, 0) is 30.5 Å². The fourth-order valence-corrected chi connectivity index (χ4v) is 2.44. The first kappa shape index (κ1) is 14.0. The number of carbonyl (C=O) groups is 1. The van der Waals surface area contributed by atoms with Crippen molar-refractivity contribution in [1.82, 2.24) is 0 Å². The van der Waals surface area contributed by atoms with Gasteiger partial charge in [0.1, 0.15) is 5.78 Å². The van der Waals surface area contributed by atoms with E-state index in [1.54, 1.807) is 0 Å². The zero-order valence-electron chi connectivity index (χ0n) is 10.3. The topological polar surface area (TPSA) is 17.1 Å². The lowest BCUT2D eigenvalue weighted by Gasteiger charge is -2.27. The normalized spacial score (nSPS) is 22.2. The Labute approximate surface area is 108 Å². The molecule has 104 valence electrons. The van der Waals surface area contributed by atoms with Crippen LogP contribution in [0.3, 0.4) is 0 Å². The molecule has 0 aliphatic heterocycles.